The largest absolute Gasteiger partial charge is 0.497 e. The predicted molar refractivity (Wildman–Crippen MR) is 67.9 cm³/mol. The van der Waals surface area contributed by atoms with Gasteiger partial charge >= 0.3 is 0 Å². The SMILES string of the molecule is COc1ccc(N)c(NC2(C)CCCC2)c1. The highest BCUT2D eigenvalue weighted by molar-refractivity contribution is 5.69. The van der Waals surface area contributed by atoms with E-state index in [4.69, 9.17) is 10.5 Å². The summed E-state index contributed by atoms with van der Waals surface area (Å²) < 4.78 is 5.21. The molecule has 0 aromatic heterocycles. The molecular formula is C13H20N2O. The highest BCUT2D eigenvalue weighted by Crippen LogP contribution is 2.35. The Bertz CT molecular complexity index is 370. The van der Waals surface area contributed by atoms with Crippen molar-refractivity contribution in [1.82, 2.24) is 0 Å². The van der Waals surface area contributed by atoms with Crippen LogP contribution in [0.25, 0.3) is 0 Å². The maximum Gasteiger partial charge on any atom is 0.121 e. The summed E-state index contributed by atoms with van der Waals surface area (Å²) in [5, 5.41) is 3.56. The number of anilines is 2. The summed E-state index contributed by atoms with van der Waals surface area (Å²) in [5.74, 6) is 0.846. The fourth-order valence-corrected chi connectivity index (χ4v) is 2.38. The van der Waals surface area contributed by atoms with Gasteiger partial charge in [0.2, 0.25) is 0 Å². The van der Waals surface area contributed by atoms with Crippen LogP contribution in [0.15, 0.2) is 18.2 Å². The minimum absolute atomic E-state index is 0.195. The minimum Gasteiger partial charge on any atom is -0.497 e. The zero-order valence-corrected chi connectivity index (χ0v) is 10.0. The Labute approximate surface area is 97.0 Å². The van der Waals surface area contributed by atoms with Crippen LogP contribution in [0.4, 0.5) is 11.4 Å². The summed E-state index contributed by atoms with van der Waals surface area (Å²) in [6, 6.07) is 5.75. The molecule has 2 rings (SSSR count). The van der Waals surface area contributed by atoms with Gasteiger partial charge in [0.05, 0.1) is 18.5 Å². The van der Waals surface area contributed by atoms with Crippen LogP contribution < -0.4 is 15.8 Å². The third-order valence-corrected chi connectivity index (χ3v) is 3.40. The molecule has 0 saturated heterocycles. The maximum atomic E-state index is 5.96. The second-order valence-electron chi connectivity index (χ2n) is 4.85. The van der Waals surface area contributed by atoms with Crippen molar-refractivity contribution in [3.63, 3.8) is 0 Å². The number of hydrogen-bond acceptors (Lipinski definition) is 3. The van der Waals surface area contributed by atoms with Gasteiger partial charge in [-0.15, -0.1) is 0 Å². The molecule has 1 saturated carbocycles. The van der Waals surface area contributed by atoms with Gasteiger partial charge in [-0.2, -0.15) is 0 Å². The highest BCUT2D eigenvalue weighted by Gasteiger charge is 2.28. The van der Waals surface area contributed by atoms with E-state index in [1.165, 1.54) is 25.7 Å². The van der Waals surface area contributed by atoms with Crippen LogP contribution in [0.1, 0.15) is 32.6 Å². The third kappa shape index (κ3) is 2.23. The van der Waals surface area contributed by atoms with Gasteiger partial charge in [-0.3, -0.25) is 0 Å². The number of nitrogens with one attached hydrogen (secondary N) is 1. The second-order valence-corrected chi connectivity index (χ2v) is 4.85. The summed E-state index contributed by atoms with van der Waals surface area (Å²) in [6.45, 7) is 2.26. The molecule has 0 radical (unpaired) electrons. The van der Waals surface area contributed by atoms with E-state index in [2.05, 4.69) is 12.2 Å². The maximum absolute atomic E-state index is 5.96. The molecule has 0 bridgehead atoms. The van der Waals surface area contributed by atoms with Crippen LogP contribution in [0, 0.1) is 0 Å². The van der Waals surface area contributed by atoms with Gasteiger partial charge in [0.15, 0.2) is 0 Å². The second kappa shape index (κ2) is 4.24. The molecule has 0 atom stereocenters. The highest BCUT2D eigenvalue weighted by atomic mass is 16.5. The molecule has 0 heterocycles. The molecular weight excluding hydrogens is 200 g/mol. The van der Waals surface area contributed by atoms with Gasteiger partial charge in [-0.25, -0.2) is 0 Å². The molecule has 1 aromatic carbocycles. The average Bonchev–Trinajstić information content (AvgIpc) is 2.68. The quantitative estimate of drug-likeness (QED) is 0.770. The molecule has 3 nitrogen and oxygen atoms in total. The number of methoxy groups -OCH3 is 1. The fraction of sp³-hybridized carbons (Fsp3) is 0.538. The Morgan fingerprint density at radius 1 is 1.31 bits per heavy atom. The number of nitrogen functional groups attached to an aromatic ring is 1. The number of ether oxygens (including phenoxy) is 1. The van der Waals surface area contributed by atoms with Crippen LogP contribution in [-0.2, 0) is 0 Å². The molecule has 1 aromatic rings. The van der Waals surface area contributed by atoms with Crippen LogP contribution >= 0.6 is 0 Å². The van der Waals surface area contributed by atoms with E-state index in [0.29, 0.717) is 0 Å². The zero-order chi connectivity index (χ0) is 11.6. The van der Waals surface area contributed by atoms with Crippen molar-refractivity contribution in [1.29, 1.82) is 0 Å². The van der Waals surface area contributed by atoms with Gasteiger partial charge in [0.1, 0.15) is 5.75 Å². The van der Waals surface area contributed by atoms with E-state index in [9.17, 15) is 0 Å². The van der Waals surface area contributed by atoms with E-state index >= 15 is 0 Å². The Balaban J connectivity index is 2.19. The van der Waals surface area contributed by atoms with Crippen molar-refractivity contribution in [2.24, 2.45) is 0 Å². The summed E-state index contributed by atoms with van der Waals surface area (Å²) in [7, 11) is 1.67. The molecule has 1 aliphatic carbocycles. The molecule has 0 unspecified atom stereocenters. The van der Waals surface area contributed by atoms with Crippen molar-refractivity contribution in [3.8, 4) is 5.75 Å². The van der Waals surface area contributed by atoms with Crippen molar-refractivity contribution < 1.29 is 4.74 Å². The lowest BCUT2D eigenvalue weighted by atomic mass is 10.00. The molecule has 3 heteroatoms. The van der Waals surface area contributed by atoms with Gasteiger partial charge < -0.3 is 15.8 Å². The summed E-state index contributed by atoms with van der Waals surface area (Å²) >= 11 is 0. The Morgan fingerprint density at radius 3 is 2.62 bits per heavy atom. The number of benzene rings is 1. The molecule has 1 aliphatic rings. The third-order valence-electron chi connectivity index (χ3n) is 3.40. The lowest BCUT2D eigenvalue weighted by Crippen LogP contribution is -2.31. The normalized spacial score (nSPS) is 18.4. The Kier molecular flexibility index (Phi) is 2.95. The van der Waals surface area contributed by atoms with E-state index in [0.717, 1.165) is 17.1 Å². The lowest BCUT2D eigenvalue weighted by Gasteiger charge is -2.27. The Morgan fingerprint density at radius 2 is 2.00 bits per heavy atom. The predicted octanol–water partition coefficient (Wildman–Crippen LogP) is 3.02. The molecule has 3 N–H and O–H groups in total. The fourth-order valence-electron chi connectivity index (χ4n) is 2.38. The van der Waals surface area contributed by atoms with Crippen molar-refractivity contribution in [2.75, 3.05) is 18.2 Å². The topological polar surface area (TPSA) is 47.3 Å². The van der Waals surface area contributed by atoms with Gasteiger partial charge in [-0.05, 0) is 31.9 Å². The van der Waals surface area contributed by atoms with Gasteiger partial charge in [0, 0.05) is 11.6 Å². The van der Waals surface area contributed by atoms with Crippen LogP contribution in [0.5, 0.6) is 5.75 Å². The average molecular weight is 220 g/mol. The van der Waals surface area contributed by atoms with Gasteiger partial charge in [0.25, 0.3) is 0 Å². The van der Waals surface area contributed by atoms with E-state index < -0.39 is 0 Å². The molecule has 0 amide bonds. The monoisotopic (exact) mass is 220 g/mol. The first-order valence-corrected chi connectivity index (χ1v) is 5.85. The first-order valence-electron chi connectivity index (χ1n) is 5.85. The number of nitrogens with two attached hydrogens (primary N) is 1. The van der Waals surface area contributed by atoms with Crippen molar-refractivity contribution >= 4 is 11.4 Å². The summed E-state index contributed by atoms with van der Waals surface area (Å²) in [6.07, 6.45) is 5.02. The van der Waals surface area contributed by atoms with E-state index in [-0.39, 0.29) is 5.54 Å². The molecule has 16 heavy (non-hydrogen) atoms. The van der Waals surface area contributed by atoms with Crippen LogP contribution in [0.2, 0.25) is 0 Å². The van der Waals surface area contributed by atoms with Crippen LogP contribution in [-0.4, -0.2) is 12.6 Å². The smallest absolute Gasteiger partial charge is 0.121 e. The Hall–Kier alpha value is -1.38. The van der Waals surface area contributed by atoms with Crippen molar-refractivity contribution in [2.45, 2.75) is 38.1 Å². The summed E-state index contributed by atoms with van der Waals surface area (Å²) in [4.78, 5) is 0. The first-order chi connectivity index (χ1) is 7.63. The number of hydrogen-bond donors (Lipinski definition) is 2. The van der Waals surface area contributed by atoms with Gasteiger partial charge in [-0.1, -0.05) is 12.8 Å². The molecule has 88 valence electrons. The van der Waals surface area contributed by atoms with E-state index in [1.54, 1.807) is 7.11 Å². The van der Waals surface area contributed by atoms with E-state index in [1.807, 2.05) is 18.2 Å². The lowest BCUT2D eigenvalue weighted by molar-refractivity contribution is 0.415. The zero-order valence-electron chi connectivity index (χ0n) is 10.0. The number of rotatable bonds is 3. The molecule has 0 aliphatic heterocycles. The first kappa shape index (κ1) is 11.1. The minimum atomic E-state index is 0.195. The summed E-state index contributed by atoms with van der Waals surface area (Å²) in [5.41, 5.74) is 7.93. The molecule has 1 fully saturated rings. The molecule has 0 spiro atoms. The van der Waals surface area contributed by atoms with Crippen molar-refractivity contribution in [3.05, 3.63) is 18.2 Å². The standard InChI is InChI=1S/C13H20N2O/c1-13(7-3-4-8-13)15-12-9-10(16-2)5-6-11(12)14/h5-6,9,15H,3-4,7-8,14H2,1-2H3. The van der Waals surface area contributed by atoms with Crippen LogP contribution in [0.3, 0.4) is 0 Å².